The van der Waals surface area contributed by atoms with Crippen LogP contribution < -0.4 is 0 Å². The highest BCUT2D eigenvalue weighted by Crippen LogP contribution is 2.28. The van der Waals surface area contributed by atoms with Gasteiger partial charge < -0.3 is 0 Å². The van der Waals surface area contributed by atoms with Crippen LogP contribution in [-0.2, 0) is 15.9 Å². The molecule has 0 atom stereocenters. The molecule has 2 rings (SSSR count). The van der Waals surface area contributed by atoms with Gasteiger partial charge in [0.2, 0.25) is 10.0 Å². The van der Waals surface area contributed by atoms with Crippen LogP contribution in [0.25, 0.3) is 0 Å². The molecule has 3 nitrogen and oxygen atoms in total. The lowest BCUT2D eigenvalue weighted by Gasteiger charge is -2.30. The molecule has 1 aromatic rings. The van der Waals surface area contributed by atoms with Gasteiger partial charge in [-0.1, -0.05) is 13.0 Å². The summed E-state index contributed by atoms with van der Waals surface area (Å²) < 4.78 is 27.3. The van der Waals surface area contributed by atoms with E-state index in [0.717, 1.165) is 29.5 Å². The van der Waals surface area contributed by atoms with Crippen LogP contribution in [0.4, 0.5) is 0 Å². The fourth-order valence-corrected chi connectivity index (χ4v) is 4.58. The van der Waals surface area contributed by atoms with Crippen molar-refractivity contribution in [2.75, 3.05) is 13.1 Å². The Bertz CT molecular complexity index is 590. The SMILES string of the molecule is Cc1cc(CCl)cc(S(=O)(=O)N2CCC(C)CC2)c1C. The van der Waals surface area contributed by atoms with Crippen molar-refractivity contribution in [1.82, 2.24) is 4.31 Å². The van der Waals surface area contributed by atoms with E-state index in [-0.39, 0.29) is 0 Å². The van der Waals surface area contributed by atoms with Gasteiger partial charge in [-0.25, -0.2) is 8.42 Å². The van der Waals surface area contributed by atoms with Crippen molar-refractivity contribution in [3.8, 4) is 0 Å². The van der Waals surface area contributed by atoms with Crippen molar-refractivity contribution in [1.29, 1.82) is 0 Å². The first-order chi connectivity index (χ1) is 9.36. The summed E-state index contributed by atoms with van der Waals surface area (Å²) in [5.41, 5.74) is 2.67. The Morgan fingerprint density at radius 3 is 2.40 bits per heavy atom. The lowest BCUT2D eigenvalue weighted by atomic mass is 10.0. The smallest absolute Gasteiger partial charge is 0.207 e. The Morgan fingerprint density at radius 2 is 1.85 bits per heavy atom. The van der Waals surface area contributed by atoms with E-state index in [9.17, 15) is 8.42 Å². The predicted molar refractivity (Wildman–Crippen MR) is 82.6 cm³/mol. The van der Waals surface area contributed by atoms with Crippen LogP contribution in [-0.4, -0.2) is 25.8 Å². The maximum atomic E-state index is 12.8. The van der Waals surface area contributed by atoms with E-state index >= 15 is 0 Å². The molecule has 0 unspecified atom stereocenters. The predicted octanol–water partition coefficient (Wildman–Crippen LogP) is 3.46. The third-order valence-corrected chi connectivity index (χ3v) is 6.53. The molecule has 1 heterocycles. The summed E-state index contributed by atoms with van der Waals surface area (Å²) in [6.45, 7) is 7.21. The topological polar surface area (TPSA) is 37.4 Å². The molecule has 0 N–H and O–H groups in total. The van der Waals surface area contributed by atoms with Crippen LogP contribution in [0.2, 0.25) is 0 Å². The summed E-state index contributed by atoms with van der Waals surface area (Å²) >= 11 is 5.87. The second-order valence-electron chi connectivity index (χ2n) is 5.76. The van der Waals surface area contributed by atoms with Crippen LogP contribution >= 0.6 is 11.6 Å². The molecule has 1 aliphatic rings. The minimum atomic E-state index is -3.40. The Morgan fingerprint density at radius 1 is 1.25 bits per heavy atom. The summed E-state index contributed by atoms with van der Waals surface area (Å²) in [6.07, 6.45) is 1.87. The summed E-state index contributed by atoms with van der Waals surface area (Å²) in [7, 11) is -3.40. The summed E-state index contributed by atoms with van der Waals surface area (Å²) in [4.78, 5) is 0.419. The highest BCUT2D eigenvalue weighted by atomic mass is 35.5. The Labute approximate surface area is 127 Å². The largest absolute Gasteiger partial charge is 0.243 e. The van der Waals surface area contributed by atoms with Crippen LogP contribution in [0.3, 0.4) is 0 Å². The summed E-state index contributed by atoms with van der Waals surface area (Å²) in [6, 6.07) is 3.68. The molecular formula is C15H22ClNO2S. The lowest BCUT2D eigenvalue weighted by Crippen LogP contribution is -2.38. The number of sulfonamides is 1. The summed E-state index contributed by atoms with van der Waals surface area (Å²) in [5, 5.41) is 0. The first kappa shape index (κ1) is 15.8. The maximum Gasteiger partial charge on any atom is 0.243 e. The first-order valence-electron chi connectivity index (χ1n) is 7.02. The highest BCUT2D eigenvalue weighted by Gasteiger charge is 2.29. The molecular weight excluding hydrogens is 294 g/mol. The van der Waals surface area contributed by atoms with Crippen molar-refractivity contribution in [2.45, 2.75) is 44.4 Å². The fourth-order valence-electron chi connectivity index (χ4n) is 2.61. The van der Waals surface area contributed by atoms with E-state index in [1.807, 2.05) is 19.9 Å². The normalized spacial score (nSPS) is 18.4. The molecule has 1 fully saturated rings. The number of benzene rings is 1. The van der Waals surface area contributed by atoms with Crippen molar-refractivity contribution in [3.05, 3.63) is 28.8 Å². The minimum absolute atomic E-state index is 0.334. The van der Waals surface area contributed by atoms with Gasteiger partial charge >= 0.3 is 0 Å². The lowest BCUT2D eigenvalue weighted by molar-refractivity contribution is 0.288. The average molecular weight is 316 g/mol. The molecule has 20 heavy (non-hydrogen) atoms. The molecule has 5 heteroatoms. The van der Waals surface area contributed by atoms with E-state index in [4.69, 9.17) is 11.6 Å². The molecule has 0 aliphatic carbocycles. The third kappa shape index (κ3) is 3.02. The zero-order valence-corrected chi connectivity index (χ0v) is 13.9. The van der Waals surface area contributed by atoms with Gasteiger partial charge in [0, 0.05) is 19.0 Å². The van der Waals surface area contributed by atoms with Crippen molar-refractivity contribution in [2.24, 2.45) is 5.92 Å². The van der Waals surface area contributed by atoms with Gasteiger partial charge in [0.05, 0.1) is 4.90 Å². The third-order valence-electron chi connectivity index (χ3n) is 4.19. The van der Waals surface area contributed by atoms with Gasteiger partial charge in [-0.05, 0) is 55.4 Å². The van der Waals surface area contributed by atoms with Gasteiger partial charge in [-0.3, -0.25) is 0 Å². The number of nitrogens with zero attached hydrogens (tertiary/aromatic N) is 1. The molecule has 0 radical (unpaired) electrons. The number of hydrogen-bond donors (Lipinski definition) is 0. The second-order valence-corrected chi connectivity index (χ2v) is 7.93. The quantitative estimate of drug-likeness (QED) is 0.801. The Hall–Kier alpha value is -0.580. The Balaban J connectivity index is 2.41. The zero-order chi connectivity index (χ0) is 14.9. The molecule has 1 saturated heterocycles. The van der Waals surface area contributed by atoms with Gasteiger partial charge in [0.25, 0.3) is 0 Å². The van der Waals surface area contributed by atoms with Crippen molar-refractivity contribution < 1.29 is 8.42 Å². The van der Waals surface area contributed by atoms with Gasteiger partial charge in [-0.2, -0.15) is 4.31 Å². The van der Waals surface area contributed by atoms with Crippen molar-refractivity contribution in [3.63, 3.8) is 0 Å². The van der Waals surface area contributed by atoms with Crippen molar-refractivity contribution >= 4 is 21.6 Å². The number of aryl methyl sites for hydroxylation is 1. The van der Waals surface area contributed by atoms with E-state index in [2.05, 4.69) is 6.92 Å². The van der Waals surface area contributed by atoms with Crippen LogP contribution in [0, 0.1) is 19.8 Å². The summed E-state index contributed by atoms with van der Waals surface area (Å²) in [5.74, 6) is 0.944. The van der Waals surface area contributed by atoms with E-state index < -0.39 is 10.0 Å². The minimum Gasteiger partial charge on any atom is -0.207 e. The van der Waals surface area contributed by atoms with Gasteiger partial charge in [0.15, 0.2) is 0 Å². The van der Waals surface area contributed by atoms with Crippen LogP contribution in [0.5, 0.6) is 0 Å². The van der Waals surface area contributed by atoms with Gasteiger partial charge in [-0.15, -0.1) is 11.6 Å². The van der Waals surface area contributed by atoms with Crippen LogP contribution in [0.1, 0.15) is 36.5 Å². The van der Waals surface area contributed by atoms with E-state index in [1.165, 1.54) is 0 Å². The first-order valence-corrected chi connectivity index (χ1v) is 9.00. The second kappa shape index (κ2) is 6.04. The zero-order valence-electron chi connectivity index (χ0n) is 12.3. The fraction of sp³-hybridized carbons (Fsp3) is 0.600. The maximum absolute atomic E-state index is 12.8. The number of halogens is 1. The number of hydrogen-bond acceptors (Lipinski definition) is 2. The Kier molecular flexibility index (Phi) is 4.77. The van der Waals surface area contributed by atoms with E-state index in [1.54, 1.807) is 10.4 Å². The molecule has 0 spiro atoms. The molecule has 0 saturated carbocycles. The molecule has 0 bridgehead atoms. The standard InChI is InChI=1S/C15H22ClNO2S/c1-11-4-6-17(7-5-11)20(18,19)15-9-14(10-16)8-12(2)13(15)3/h8-9,11H,4-7,10H2,1-3H3. The molecule has 0 aromatic heterocycles. The average Bonchev–Trinajstić information content (AvgIpc) is 2.42. The highest BCUT2D eigenvalue weighted by molar-refractivity contribution is 7.89. The van der Waals surface area contributed by atoms with Crippen LogP contribution in [0.15, 0.2) is 17.0 Å². The van der Waals surface area contributed by atoms with E-state index in [0.29, 0.717) is 29.8 Å². The number of alkyl halides is 1. The molecule has 0 amide bonds. The molecule has 1 aliphatic heterocycles. The monoisotopic (exact) mass is 315 g/mol. The number of piperidine rings is 1. The van der Waals surface area contributed by atoms with Gasteiger partial charge in [0.1, 0.15) is 0 Å². The molecule has 112 valence electrons. The molecule has 1 aromatic carbocycles. The number of rotatable bonds is 3.